The summed E-state index contributed by atoms with van der Waals surface area (Å²) in [6.07, 6.45) is 0.890. The highest BCUT2D eigenvalue weighted by atomic mass is 16.6. The first kappa shape index (κ1) is 19.6. The van der Waals surface area contributed by atoms with Crippen LogP contribution in [0.2, 0.25) is 0 Å². The summed E-state index contributed by atoms with van der Waals surface area (Å²) in [5.41, 5.74) is 10.2. The highest BCUT2D eigenvalue weighted by Crippen LogP contribution is 2.44. The van der Waals surface area contributed by atoms with E-state index in [4.69, 9.17) is 15.2 Å². The normalized spacial score (nSPS) is 12.0. The summed E-state index contributed by atoms with van der Waals surface area (Å²) in [7, 11) is 0. The van der Waals surface area contributed by atoms with E-state index in [0.29, 0.717) is 0 Å². The Bertz CT molecular complexity index is 820. The third kappa shape index (κ3) is 4.23. The molecule has 0 heterocycles. The highest BCUT2D eigenvalue weighted by Gasteiger charge is 2.30. The van der Waals surface area contributed by atoms with Crippen molar-refractivity contribution in [1.29, 1.82) is 0 Å². The Kier molecular flexibility index (Phi) is 6.45. The molecule has 3 rings (SSSR count). The van der Waals surface area contributed by atoms with Crippen LogP contribution in [0.5, 0.6) is 0 Å². The quantitative estimate of drug-likeness (QED) is 0.562. The minimum absolute atomic E-state index is 0.0382. The predicted molar refractivity (Wildman–Crippen MR) is 107 cm³/mol. The van der Waals surface area contributed by atoms with E-state index in [2.05, 4.69) is 30.8 Å². The van der Waals surface area contributed by atoms with Crippen molar-refractivity contribution in [3.05, 3.63) is 72.3 Å². The zero-order valence-electron chi connectivity index (χ0n) is 15.7. The lowest BCUT2D eigenvalue weighted by Gasteiger charge is -2.22. The van der Waals surface area contributed by atoms with E-state index in [-0.39, 0.29) is 38.8 Å². The molecule has 0 aromatic heterocycles. The molecule has 1 aliphatic rings. The van der Waals surface area contributed by atoms with Crippen LogP contribution >= 0.6 is 0 Å². The van der Waals surface area contributed by atoms with Gasteiger partial charge in [0.2, 0.25) is 0 Å². The van der Waals surface area contributed by atoms with Crippen molar-refractivity contribution in [1.82, 2.24) is 4.90 Å². The molecular formula is C22H24N2O4. The summed E-state index contributed by atoms with van der Waals surface area (Å²) in [4.78, 5) is 25.6. The second kappa shape index (κ2) is 9.19. The molecule has 0 atom stereocenters. The van der Waals surface area contributed by atoms with Gasteiger partial charge in [-0.25, -0.2) is 4.79 Å². The van der Waals surface area contributed by atoms with Gasteiger partial charge in [0, 0.05) is 19.0 Å². The van der Waals surface area contributed by atoms with Crippen LogP contribution in [0.4, 0.5) is 4.79 Å². The van der Waals surface area contributed by atoms with E-state index in [9.17, 15) is 9.59 Å². The average molecular weight is 380 g/mol. The predicted octanol–water partition coefficient (Wildman–Crippen LogP) is 2.93. The number of nitrogens with two attached hydrogens (primary N) is 1. The molecule has 2 N–H and O–H groups in total. The standard InChI is InChI=1S/C22H24N2O4/c1-2-13-27-21(25)14-24(12-11-23)22(26)28-15-20-18-9-5-3-7-16(18)17-8-4-6-10-19(17)20/h2-10,20H,1,11-15,23H2. The fraction of sp³-hybridized carbons (Fsp3) is 0.273. The van der Waals surface area contributed by atoms with E-state index in [0.717, 1.165) is 22.3 Å². The molecule has 0 fully saturated rings. The molecule has 0 saturated heterocycles. The van der Waals surface area contributed by atoms with Gasteiger partial charge in [0.15, 0.2) is 0 Å². The molecule has 28 heavy (non-hydrogen) atoms. The van der Waals surface area contributed by atoms with Crippen molar-refractivity contribution >= 4 is 12.1 Å². The van der Waals surface area contributed by atoms with Crippen LogP contribution in [0.1, 0.15) is 17.0 Å². The number of hydrogen-bond acceptors (Lipinski definition) is 5. The number of fused-ring (bicyclic) bond motifs is 3. The number of amides is 1. The van der Waals surface area contributed by atoms with Crippen molar-refractivity contribution in [3.8, 4) is 11.1 Å². The summed E-state index contributed by atoms with van der Waals surface area (Å²) >= 11 is 0. The summed E-state index contributed by atoms with van der Waals surface area (Å²) in [6, 6.07) is 16.2. The molecule has 0 radical (unpaired) electrons. The molecule has 0 unspecified atom stereocenters. The number of carbonyl (C=O) groups excluding carboxylic acids is 2. The molecule has 2 aromatic carbocycles. The molecule has 0 saturated carbocycles. The van der Waals surface area contributed by atoms with Crippen LogP contribution in [0, 0.1) is 0 Å². The number of benzene rings is 2. The van der Waals surface area contributed by atoms with Gasteiger partial charge in [-0.3, -0.25) is 9.69 Å². The number of carbonyl (C=O) groups is 2. The van der Waals surface area contributed by atoms with Crippen LogP contribution in [0.3, 0.4) is 0 Å². The van der Waals surface area contributed by atoms with Gasteiger partial charge >= 0.3 is 12.1 Å². The van der Waals surface area contributed by atoms with Crippen LogP contribution in [0.15, 0.2) is 61.2 Å². The van der Waals surface area contributed by atoms with Gasteiger partial charge in [-0.2, -0.15) is 0 Å². The minimum Gasteiger partial charge on any atom is -0.460 e. The number of hydrogen-bond donors (Lipinski definition) is 1. The van der Waals surface area contributed by atoms with Crippen molar-refractivity contribution < 1.29 is 19.1 Å². The fourth-order valence-electron chi connectivity index (χ4n) is 3.43. The molecule has 6 heteroatoms. The Morgan fingerprint density at radius 3 is 2.21 bits per heavy atom. The van der Waals surface area contributed by atoms with Gasteiger partial charge < -0.3 is 15.2 Å². The molecule has 146 valence electrons. The molecule has 2 aromatic rings. The number of esters is 1. The fourth-order valence-corrected chi connectivity index (χ4v) is 3.43. The van der Waals surface area contributed by atoms with Gasteiger partial charge in [0.1, 0.15) is 19.8 Å². The zero-order valence-corrected chi connectivity index (χ0v) is 15.7. The summed E-state index contributed by atoms with van der Waals surface area (Å²) < 4.78 is 10.5. The van der Waals surface area contributed by atoms with Crippen LogP contribution < -0.4 is 5.73 Å². The van der Waals surface area contributed by atoms with Crippen molar-refractivity contribution in [3.63, 3.8) is 0 Å². The molecule has 0 bridgehead atoms. The number of rotatable bonds is 8. The van der Waals surface area contributed by atoms with Crippen molar-refractivity contribution in [2.75, 3.05) is 32.8 Å². The number of nitrogens with zero attached hydrogens (tertiary/aromatic N) is 1. The van der Waals surface area contributed by atoms with E-state index >= 15 is 0 Å². The molecule has 0 spiro atoms. The SMILES string of the molecule is C=CCOC(=O)CN(CCN)C(=O)OCC1c2ccccc2-c2ccccc21. The largest absolute Gasteiger partial charge is 0.460 e. The Balaban J connectivity index is 1.69. The van der Waals surface area contributed by atoms with Gasteiger partial charge in [-0.05, 0) is 22.3 Å². The molecular weight excluding hydrogens is 356 g/mol. The van der Waals surface area contributed by atoms with Gasteiger partial charge in [-0.15, -0.1) is 0 Å². The Hall–Kier alpha value is -3.12. The third-order valence-electron chi connectivity index (χ3n) is 4.68. The van der Waals surface area contributed by atoms with Gasteiger partial charge in [-0.1, -0.05) is 61.2 Å². The van der Waals surface area contributed by atoms with Gasteiger partial charge in [0.25, 0.3) is 0 Å². The maximum Gasteiger partial charge on any atom is 0.410 e. The maximum atomic E-state index is 12.5. The number of ether oxygens (including phenoxy) is 2. The van der Waals surface area contributed by atoms with Gasteiger partial charge in [0.05, 0.1) is 0 Å². The highest BCUT2D eigenvalue weighted by molar-refractivity contribution is 5.80. The van der Waals surface area contributed by atoms with E-state index in [1.54, 1.807) is 0 Å². The Labute approximate surface area is 164 Å². The first-order valence-corrected chi connectivity index (χ1v) is 9.22. The molecule has 1 amide bonds. The lowest BCUT2D eigenvalue weighted by molar-refractivity contribution is -0.143. The summed E-state index contributed by atoms with van der Waals surface area (Å²) in [5.74, 6) is -0.564. The van der Waals surface area contributed by atoms with E-state index in [1.165, 1.54) is 11.0 Å². The summed E-state index contributed by atoms with van der Waals surface area (Å²) in [5, 5.41) is 0. The Morgan fingerprint density at radius 2 is 1.64 bits per heavy atom. The van der Waals surface area contributed by atoms with Crippen molar-refractivity contribution in [2.45, 2.75) is 5.92 Å². The average Bonchev–Trinajstić information content (AvgIpc) is 3.04. The second-order valence-corrected chi connectivity index (χ2v) is 6.49. The Morgan fingerprint density at radius 1 is 1.04 bits per heavy atom. The zero-order chi connectivity index (χ0) is 19.9. The molecule has 1 aliphatic carbocycles. The van der Waals surface area contributed by atoms with E-state index < -0.39 is 12.1 Å². The first-order chi connectivity index (χ1) is 13.7. The third-order valence-corrected chi connectivity index (χ3v) is 4.68. The smallest absolute Gasteiger partial charge is 0.410 e. The lowest BCUT2D eigenvalue weighted by Crippen LogP contribution is -2.40. The minimum atomic E-state index is -0.581. The van der Waals surface area contributed by atoms with Crippen LogP contribution in [0.25, 0.3) is 11.1 Å². The van der Waals surface area contributed by atoms with Crippen molar-refractivity contribution in [2.24, 2.45) is 5.73 Å². The monoisotopic (exact) mass is 380 g/mol. The lowest BCUT2D eigenvalue weighted by atomic mass is 9.98. The summed E-state index contributed by atoms with van der Waals surface area (Å²) in [6.45, 7) is 4.00. The topological polar surface area (TPSA) is 81.9 Å². The van der Waals surface area contributed by atoms with E-state index in [1.807, 2.05) is 24.3 Å². The second-order valence-electron chi connectivity index (χ2n) is 6.49. The van der Waals surface area contributed by atoms with Crippen LogP contribution in [-0.2, 0) is 14.3 Å². The first-order valence-electron chi connectivity index (χ1n) is 9.22. The maximum absolute atomic E-state index is 12.5. The molecule has 0 aliphatic heterocycles. The van der Waals surface area contributed by atoms with Crippen LogP contribution in [-0.4, -0.2) is 49.8 Å². The molecule has 6 nitrogen and oxygen atoms in total.